The second-order valence-electron chi connectivity index (χ2n) is 3.79. The van der Waals surface area contributed by atoms with E-state index in [-0.39, 0.29) is 0 Å². The molecule has 4 heteroatoms. The number of aryl methyl sites for hydroxylation is 2. The molecule has 1 unspecified atom stereocenters. The summed E-state index contributed by atoms with van der Waals surface area (Å²) in [6.45, 7) is 7.37. The lowest BCUT2D eigenvalue weighted by Crippen LogP contribution is -2.10. The van der Waals surface area contributed by atoms with Crippen LogP contribution in [0.15, 0.2) is 4.47 Å². The van der Waals surface area contributed by atoms with Crippen LogP contribution < -0.4 is 0 Å². The van der Waals surface area contributed by atoms with Crippen LogP contribution >= 0.6 is 31.9 Å². The van der Waals surface area contributed by atoms with E-state index in [0.717, 1.165) is 24.0 Å². The monoisotopic (exact) mass is 336 g/mol. The van der Waals surface area contributed by atoms with Crippen LogP contribution in [-0.2, 0) is 13.0 Å². The molecule has 0 aliphatic heterocycles. The Hall–Kier alpha value is 0.170. The van der Waals surface area contributed by atoms with Crippen molar-refractivity contribution in [3.63, 3.8) is 0 Å². The largest absolute Gasteiger partial charge is 0.268 e. The van der Waals surface area contributed by atoms with Crippen LogP contribution in [0.3, 0.4) is 0 Å². The maximum Gasteiger partial charge on any atom is 0.0738 e. The molecule has 0 amide bonds. The summed E-state index contributed by atoms with van der Waals surface area (Å²) in [4.78, 5) is 0. The van der Waals surface area contributed by atoms with Gasteiger partial charge in [-0.15, -0.1) is 0 Å². The van der Waals surface area contributed by atoms with Crippen molar-refractivity contribution in [3.05, 3.63) is 15.9 Å². The molecule has 2 nitrogen and oxygen atoms in total. The predicted molar refractivity (Wildman–Crippen MR) is 71.6 cm³/mol. The zero-order chi connectivity index (χ0) is 11.4. The van der Waals surface area contributed by atoms with E-state index in [1.807, 2.05) is 0 Å². The van der Waals surface area contributed by atoms with E-state index in [1.54, 1.807) is 0 Å². The van der Waals surface area contributed by atoms with E-state index >= 15 is 0 Å². The van der Waals surface area contributed by atoms with Crippen LogP contribution in [0.25, 0.3) is 0 Å². The zero-order valence-electron chi connectivity index (χ0n) is 9.56. The smallest absolute Gasteiger partial charge is 0.0738 e. The molecule has 0 saturated carbocycles. The third kappa shape index (κ3) is 3.06. The van der Waals surface area contributed by atoms with Gasteiger partial charge in [-0.25, -0.2) is 0 Å². The number of rotatable bonds is 5. The summed E-state index contributed by atoms with van der Waals surface area (Å²) in [5.74, 6) is 0.697. The quantitative estimate of drug-likeness (QED) is 0.744. The standard InChI is InChI=1S/C11H18Br2N2/c1-4-9(7-12)6-10-11(13)8(3)14-15(10)5-2/h9H,4-7H2,1-3H3. The minimum Gasteiger partial charge on any atom is -0.268 e. The van der Waals surface area contributed by atoms with E-state index in [2.05, 4.69) is 62.4 Å². The van der Waals surface area contributed by atoms with Crippen LogP contribution in [-0.4, -0.2) is 15.1 Å². The molecule has 0 bridgehead atoms. The molecule has 1 aromatic rings. The fraction of sp³-hybridized carbons (Fsp3) is 0.727. The first kappa shape index (κ1) is 13.2. The Kier molecular flexibility index (Phi) is 5.33. The van der Waals surface area contributed by atoms with Gasteiger partial charge in [0.15, 0.2) is 0 Å². The van der Waals surface area contributed by atoms with Crippen molar-refractivity contribution >= 4 is 31.9 Å². The summed E-state index contributed by atoms with van der Waals surface area (Å²) in [6, 6.07) is 0. The number of alkyl halides is 1. The Bertz CT molecular complexity index is 317. The average Bonchev–Trinajstić information content (AvgIpc) is 2.52. The van der Waals surface area contributed by atoms with Gasteiger partial charge in [0, 0.05) is 11.9 Å². The highest BCUT2D eigenvalue weighted by molar-refractivity contribution is 9.10. The highest BCUT2D eigenvalue weighted by Crippen LogP contribution is 2.25. The van der Waals surface area contributed by atoms with Crippen molar-refractivity contribution in [2.24, 2.45) is 5.92 Å². The molecular weight excluding hydrogens is 320 g/mol. The molecule has 0 saturated heterocycles. The van der Waals surface area contributed by atoms with Gasteiger partial charge in [-0.3, -0.25) is 4.68 Å². The van der Waals surface area contributed by atoms with Crippen molar-refractivity contribution in [2.75, 3.05) is 5.33 Å². The molecule has 1 heterocycles. The van der Waals surface area contributed by atoms with Crippen LogP contribution in [0.5, 0.6) is 0 Å². The summed E-state index contributed by atoms with van der Waals surface area (Å²) in [6.07, 6.45) is 2.29. The maximum atomic E-state index is 4.50. The third-order valence-corrected chi connectivity index (χ3v) is 4.68. The first-order valence-corrected chi connectivity index (χ1v) is 7.33. The van der Waals surface area contributed by atoms with Crippen molar-refractivity contribution < 1.29 is 0 Å². The summed E-state index contributed by atoms with van der Waals surface area (Å²) in [5, 5.41) is 5.56. The lowest BCUT2D eigenvalue weighted by Gasteiger charge is -2.12. The Morgan fingerprint density at radius 1 is 1.40 bits per heavy atom. The Balaban J connectivity index is 2.91. The number of nitrogens with zero attached hydrogens (tertiary/aromatic N) is 2. The second-order valence-corrected chi connectivity index (χ2v) is 5.24. The first-order chi connectivity index (χ1) is 7.13. The van der Waals surface area contributed by atoms with E-state index in [1.165, 1.54) is 16.6 Å². The van der Waals surface area contributed by atoms with Crippen molar-refractivity contribution in [1.82, 2.24) is 9.78 Å². The highest BCUT2D eigenvalue weighted by Gasteiger charge is 2.15. The fourth-order valence-electron chi connectivity index (χ4n) is 1.65. The molecule has 0 radical (unpaired) electrons. The topological polar surface area (TPSA) is 17.8 Å². The van der Waals surface area contributed by atoms with Gasteiger partial charge in [0.05, 0.1) is 15.9 Å². The van der Waals surface area contributed by atoms with Crippen LogP contribution in [0.4, 0.5) is 0 Å². The zero-order valence-corrected chi connectivity index (χ0v) is 12.7. The fourth-order valence-corrected chi connectivity index (χ4v) is 2.78. The van der Waals surface area contributed by atoms with E-state index in [9.17, 15) is 0 Å². The van der Waals surface area contributed by atoms with Gasteiger partial charge >= 0.3 is 0 Å². The van der Waals surface area contributed by atoms with Gasteiger partial charge in [-0.1, -0.05) is 29.3 Å². The first-order valence-electron chi connectivity index (χ1n) is 5.41. The molecule has 1 aromatic heterocycles. The average molecular weight is 338 g/mol. The van der Waals surface area contributed by atoms with E-state index < -0.39 is 0 Å². The molecule has 1 atom stereocenters. The third-order valence-electron chi connectivity index (χ3n) is 2.73. The normalized spacial score (nSPS) is 13.1. The van der Waals surface area contributed by atoms with Gasteiger partial charge < -0.3 is 0 Å². The van der Waals surface area contributed by atoms with Crippen molar-refractivity contribution in [3.8, 4) is 0 Å². The lowest BCUT2D eigenvalue weighted by atomic mass is 10.0. The molecule has 1 rings (SSSR count). The minimum absolute atomic E-state index is 0.697. The summed E-state index contributed by atoms with van der Waals surface area (Å²) >= 11 is 7.20. The number of hydrogen-bond acceptors (Lipinski definition) is 1. The maximum absolute atomic E-state index is 4.50. The van der Waals surface area contributed by atoms with Crippen LogP contribution in [0, 0.1) is 12.8 Å². The summed E-state index contributed by atoms with van der Waals surface area (Å²) in [7, 11) is 0. The minimum atomic E-state index is 0.697. The molecule has 0 aromatic carbocycles. The molecule has 0 spiro atoms. The molecular formula is C11H18Br2N2. The Morgan fingerprint density at radius 2 is 2.07 bits per heavy atom. The molecule has 15 heavy (non-hydrogen) atoms. The van der Waals surface area contributed by atoms with Gasteiger partial charge in [0.2, 0.25) is 0 Å². The van der Waals surface area contributed by atoms with E-state index in [4.69, 9.17) is 0 Å². The van der Waals surface area contributed by atoms with Gasteiger partial charge in [0.25, 0.3) is 0 Å². The SMILES string of the molecule is CCC(CBr)Cc1c(Br)c(C)nn1CC. The summed E-state index contributed by atoms with van der Waals surface area (Å²) < 4.78 is 3.29. The van der Waals surface area contributed by atoms with Gasteiger partial charge in [-0.2, -0.15) is 5.10 Å². The second kappa shape index (κ2) is 6.04. The van der Waals surface area contributed by atoms with E-state index in [0.29, 0.717) is 5.92 Å². The van der Waals surface area contributed by atoms with Gasteiger partial charge in [-0.05, 0) is 42.1 Å². The number of halogens is 2. The lowest BCUT2D eigenvalue weighted by molar-refractivity contribution is 0.525. The van der Waals surface area contributed by atoms with Crippen molar-refractivity contribution in [2.45, 2.75) is 40.2 Å². The highest BCUT2D eigenvalue weighted by atomic mass is 79.9. The molecule has 0 N–H and O–H groups in total. The summed E-state index contributed by atoms with van der Waals surface area (Å²) in [5.41, 5.74) is 2.43. The number of hydrogen-bond donors (Lipinski definition) is 0. The molecule has 0 aliphatic rings. The molecule has 0 aliphatic carbocycles. The van der Waals surface area contributed by atoms with Gasteiger partial charge in [0.1, 0.15) is 0 Å². The molecule has 0 fully saturated rings. The van der Waals surface area contributed by atoms with Crippen LogP contribution in [0.1, 0.15) is 31.7 Å². The predicted octanol–water partition coefficient (Wildman–Crippen LogP) is 3.94. The van der Waals surface area contributed by atoms with Crippen LogP contribution in [0.2, 0.25) is 0 Å². The van der Waals surface area contributed by atoms with Crippen molar-refractivity contribution in [1.29, 1.82) is 0 Å². The Labute approximate surface area is 109 Å². The molecule has 86 valence electrons. The number of aromatic nitrogens is 2. The Morgan fingerprint density at radius 3 is 2.53 bits per heavy atom.